The molecule has 24 heavy (non-hydrogen) atoms. The van der Waals surface area contributed by atoms with Crippen molar-refractivity contribution in [2.45, 2.75) is 94.0 Å². The molecule has 0 saturated heterocycles. The van der Waals surface area contributed by atoms with Gasteiger partial charge in [0.25, 0.3) is 0 Å². The molecule has 0 saturated carbocycles. The summed E-state index contributed by atoms with van der Waals surface area (Å²) in [6, 6.07) is 0. The maximum atomic E-state index is 12.7. The number of hydrogen-bond acceptors (Lipinski definition) is 3. The molecule has 0 spiro atoms. The summed E-state index contributed by atoms with van der Waals surface area (Å²) in [5, 5.41) is 3.10. The van der Waals surface area contributed by atoms with E-state index < -0.39 is 21.8 Å². The molecular formula is C20H37NO3. The van der Waals surface area contributed by atoms with E-state index in [1.807, 2.05) is 55.4 Å². The molecule has 0 unspecified atom stereocenters. The first-order valence-electron chi connectivity index (χ1n) is 8.78. The zero-order valence-electron chi connectivity index (χ0n) is 17.3. The second kappa shape index (κ2) is 7.37. The highest BCUT2D eigenvalue weighted by atomic mass is 16.2. The molecule has 0 aromatic heterocycles. The van der Waals surface area contributed by atoms with Crippen molar-refractivity contribution in [3.63, 3.8) is 0 Å². The first-order chi connectivity index (χ1) is 10.4. The molecule has 0 aromatic rings. The lowest BCUT2D eigenvalue weighted by Gasteiger charge is -2.37. The molecule has 0 atom stereocenters. The van der Waals surface area contributed by atoms with Crippen LogP contribution in [-0.4, -0.2) is 23.0 Å². The summed E-state index contributed by atoms with van der Waals surface area (Å²) < 4.78 is 0. The highest BCUT2D eigenvalue weighted by Gasteiger charge is 2.37. The van der Waals surface area contributed by atoms with E-state index in [-0.39, 0.29) is 17.5 Å². The fourth-order valence-electron chi connectivity index (χ4n) is 2.66. The average Bonchev–Trinajstić information content (AvgIpc) is 2.34. The second-order valence-electron chi connectivity index (χ2n) is 9.78. The molecule has 0 aromatic carbocycles. The number of ketones is 2. The van der Waals surface area contributed by atoms with Gasteiger partial charge in [0.2, 0.25) is 5.91 Å². The zero-order chi connectivity index (χ0) is 19.6. The molecule has 0 aliphatic carbocycles. The number of rotatable bonds is 9. The molecule has 1 amide bonds. The molecule has 4 nitrogen and oxygen atoms in total. The third-order valence-corrected chi connectivity index (χ3v) is 5.23. The van der Waals surface area contributed by atoms with Gasteiger partial charge >= 0.3 is 0 Å². The van der Waals surface area contributed by atoms with Crippen LogP contribution in [0.1, 0.15) is 88.5 Å². The van der Waals surface area contributed by atoms with Gasteiger partial charge in [-0.25, -0.2) is 0 Å². The van der Waals surface area contributed by atoms with E-state index in [4.69, 9.17) is 0 Å². The van der Waals surface area contributed by atoms with E-state index in [0.717, 1.165) is 0 Å². The summed E-state index contributed by atoms with van der Waals surface area (Å²) in [6.07, 6.45) is 1.88. The van der Waals surface area contributed by atoms with Crippen LogP contribution in [0.5, 0.6) is 0 Å². The molecule has 0 radical (unpaired) electrons. The molecule has 0 fully saturated rings. The normalized spacial score (nSPS) is 13.6. The van der Waals surface area contributed by atoms with Crippen molar-refractivity contribution in [1.29, 1.82) is 0 Å². The van der Waals surface area contributed by atoms with Gasteiger partial charge in [0.15, 0.2) is 0 Å². The Labute approximate surface area is 148 Å². The van der Waals surface area contributed by atoms with Gasteiger partial charge in [-0.3, -0.25) is 14.4 Å². The first kappa shape index (κ1) is 22.8. The van der Waals surface area contributed by atoms with Crippen LogP contribution < -0.4 is 5.32 Å². The van der Waals surface area contributed by atoms with Gasteiger partial charge in [-0.2, -0.15) is 0 Å². The quantitative estimate of drug-likeness (QED) is 0.681. The Kier molecular flexibility index (Phi) is 7.00. The molecular weight excluding hydrogens is 302 g/mol. The maximum Gasteiger partial charge on any atom is 0.226 e. The van der Waals surface area contributed by atoms with Crippen LogP contribution in [0.15, 0.2) is 0 Å². The molecule has 0 rings (SSSR count). The Balaban J connectivity index is 4.95. The molecule has 140 valence electrons. The summed E-state index contributed by atoms with van der Waals surface area (Å²) in [5.41, 5.74) is -1.93. The number of Topliss-reactive ketones (excluding diaryl/α,β-unsaturated/α-hetero) is 2. The third-order valence-electron chi connectivity index (χ3n) is 5.23. The average molecular weight is 340 g/mol. The first-order valence-corrected chi connectivity index (χ1v) is 8.78. The van der Waals surface area contributed by atoms with E-state index in [2.05, 4.69) is 5.32 Å². The Morgan fingerprint density at radius 3 is 1.42 bits per heavy atom. The Morgan fingerprint density at radius 2 is 1.04 bits per heavy atom. The Hall–Kier alpha value is -1.19. The lowest BCUT2D eigenvalue weighted by molar-refractivity contribution is -0.134. The number of nitrogens with one attached hydrogen (secondary N) is 1. The Morgan fingerprint density at radius 1 is 0.667 bits per heavy atom. The summed E-state index contributed by atoms with van der Waals surface area (Å²) in [7, 11) is 0. The Bertz CT molecular complexity index is 499. The van der Waals surface area contributed by atoms with Crippen molar-refractivity contribution < 1.29 is 14.4 Å². The summed E-state index contributed by atoms with van der Waals surface area (Å²) >= 11 is 0. The standard InChI is InChI=1S/C20H37NO3/c1-14(22)17(3,4)11-12-18(5,6)16(24)21-20(9,10)13-19(7,8)15(2)23/h11-13H2,1-10H3,(H,21,24). The van der Waals surface area contributed by atoms with E-state index in [1.54, 1.807) is 13.8 Å². The van der Waals surface area contributed by atoms with Crippen molar-refractivity contribution in [2.24, 2.45) is 16.2 Å². The highest BCUT2D eigenvalue weighted by molar-refractivity contribution is 5.84. The van der Waals surface area contributed by atoms with Crippen molar-refractivity contribution in [3.8, 4) is 0 Å². The lowest BCUT2D eigenvalue weighted by atomic mass is 9.75. The largest absolute Gasteiger partial charge is 0.351 e. The van der Waals surface area contributed by atoms with Gasteiger partial charge in [0.1, 0.15) is 11.6 Å². The molecule has 0 heterocycles. The van der Waals surface area contributed by atoms with Gasteiger partial charge in [0, 0.05) is 21.8 Å². The van der Waals surface area contributed by atoms with Crippen LogP contribution in [0, 0.1) is 16.2 Å². The molecule has 0 bridgehead atoms. The van der Waals surface area contributed by atoms with Gasteiger partial charge in [0.05, 0.1) is 0 Å². The third kappa shape index (κ3) is 6.74. The van der Waals surface area contributed by atoms with E-state index >= 15 is 0 Å². The van der Waals surface area contributed by atoms with Gasteiger partial charge in [-0.05, 0) is 47.0 Å². The molecule has 0 aliphatic heterocycles. The van der Waals surface area contributed by atoms with Crippen molar-refractivity contribution in [3.05, 3.63) is 0 Å². The van der Waals surface area contributed by atoms with Gasteiger partial charge in [-0.1, -0.05) is 41.5 Å². The number of carbonyl (C=O) groups is 3. The van der Waals surface area contributed by atoms with E-state index in [1.165, 1.54) is 0 Å². The van der Waals surface area contributed by atoms with Crippen LogP contribution in [-0.2, 0) is 14.4 Å². The summed E-state index contributed by atoms with van der Waals surface area (Å²) in [4.78, 5) is 36.2. The van der Waals surface area contributed by atoms with Crippen LogP contribution in [0.25, 0.3) is 0 Å². The highest BCUT2D eigenvalue weighted by Crippen LogP contribution is 2.34. The smallest absolute Gasteiger partial charge is 0.226 e. The monoisotopic (exact) mass is 339 g/mol. The summed E-state index contributed by atoms with van der Waals surface area (Å²) in [5.74, 6) is 0.223. The lowest BCUT2D eigenvalue weighted by Crippen LogP contribution is -2.51. The minimum Gasteiger partial charge on any atom is -0.351 e. The predicted molar refractivity (Wildman–Crippen MR) is 98.8 cm³/mol. The minimum absolute atomic E-state index is 0.0359. The van der Waals surface area contributed by atoms with Crippen LogP contribution in [0.2, 0.25) is 0 Å². The summed E-state index contributed by atoms with van der Waals surface area (Å²) in [6.45, 7) is 18.6. The van der Waals surface area contributed by atoms with Crippen molar-refractivity contribution in [1.82, 2.24) is 5.32 Å². The number of carbonyl (C=O) groups excluding carboxylic acids is 3. The maximum absolute atomic E-state index is 12.7. The second-order valence-corrected chi connectivity index (χ2v) is 9.78. The SMILES string of the molecule is CC(=O)C(C)(C)CCC(C)(C)C(=O)NC(C)(C)CC(C)(C)C(C)=O. The van der Waals surface area contributed by atoms with Gasteiger partial charge < -0.3 is 5.32 Å². The zero-order valence-corrected chi connectivity index (χ0v) is 17.3. The van der Waals surface area contributed by atoms with E-state index in [9.17, 15) is 14.4 Å². The molecule has 0 aliphatic rings. The predicted octanol–water partition coefficient (Wildman–Crippen LogP) is 4.31. The van der Waals surface area contributed by atoms with Gasteiger partial charge in [-0.15, -0.1) is 0 Å². The van der Waals surface area contributed by atoms with Crippen LogP contribution in [0.3, 0.4) is 0 Å². The van der Waals surface area contributed by atoms with Crippen molar-refractivity contribution >= 4 is 17.5 Å². The van der Waals surface area contributed by atoms with E-state index in [0.29, 0.717) is 19.3 Å². The van der Waals surface area contributed by atoms with Crippen molar-refractivity contribution in [2.75, 3.05) is 0 Å². The molecule has 4 heteroatoms. The minimum atomic E-state index is -0.565. The fourth-order valence-corrected chi connectivity index (χ4v) is 2.66. The number of hydrogen-bond donors (Lipinski definition) is 1. The van der Waals surface area contributed by atoms with Crippen LogP contribution in [0.4, 0.5) is 0 Å². The topological polar surface area (TPSA) is 63.2 Å². The molecule has 1 N–H and O–H groups in total. The van der Waals surface area contributed by atoms with Crippen LogP contribution >= 0.6 is 0 Å². The number of amides is 1. The fraction of sp³-hybridized carbons (Fsp3) is 0.850.